The number of nitrogens with one attached hydrogen (secondary N) is 3. The van der Waals surface area contributed by atoms with E-state index >= 15 is 0 Å². The zero-order valence-electron chi connectivity index (χ0n) is 23.0. The van der Waals surface area contributed by atoms with E-state index in [1.165, 1.54) is 25.4 Å². The van der Waals surface area contributed by atoms with Gasteiger partial charge >= 0.3 is 6.09 Å². The van der Waals surface area contributed by atoms with Gasteiger partial charge in [-0.1, -0.05) is 30.7 Å². The fourth-order valence-corrected chi connectivity index (χ4v) is 6.56. The number of sulfonamides is 1. The molecule has 0 unspecified atom stereocenters. The van der Waals surface area contributed by atoms with Crippen molar-refractivity contribution >= 4 is 50.4 Å². The minimum atomic E-state index is -4.00. The summed E-state index contributed by atoms with van der Waals surface area (Å²) < 4.78 is 33.6. The summed E-state index contributed by atoms with van der Waals surface area (Å²) in [5.74, 6) is 0.647. The number of benzene rings is 2. The van der Waals surface area contributed by atoms with Crippen LogP contribution in [0.2, 0.25) is 5.02 Å². The van der Waals surface area contributed by atoms with E-state index in [2.05, 4.69) is 30.3 Å². The highest BCUT2D eigenvalue weighted by Crippen LogP contribution is 2.33. The lowest BCUT2D eigenvalue weighted by Gasteiger charge is -2.28. The topological polar surface area (TPSA) is 168 Å². The Morgan fingerprint density at radius 2 is 1.81 bits per heavy atom. The molecule has 1 aliphatic rings. The molecule has 1 fully saturated rings. The highest BCUT2D eigenvalue weighted by molar-refractivity contribution is 7.92. The summed E-state index contributed by atoms with van der Waals surface area (Å²) in [5, 5.41) is 15.8. The standard InChI is InChI=1S/C28H30ClN7O5S/c1-3-16-12-17(13-18-14-31-27(35-24(16)18)32-19-8-10-20(11-9-19)33-28(37)38)25-26(41-2)34-23(15-30-25)36-42(39,40)22-7-5-4-6-21(22)29/h4-7,12-15,19-20,33H,3,8-11H2,1-2H3,(H,34,36)(H,37,38)(H,31,32,35)/t19-,20-. The Morgan fingerprint density at radius 3 is 2.50 bits per heavy atom. The number of hydrogen-bond donors (Lipinski definition) is 4. The second-order valence-electron chi connectivity index (χ2n) is 9.91. The Labute approximate surface area is 248 Å². The molecule has 1 aliphatic carbocycles. The van der Waals surface area contributed by atoms with Crippen LogP contribution in [0.4, 0.5) is 16.6 Å². The maximum absolute atomic E-state index is 12.9. The fourth-order valence-electron chi connectivity index (χ4n) is 5.05. The second kappa shape index (κ2) is 12.3. The normalized spacial score (nSPS) is 17.0. The molecule has 0 aliphatic heterocycles. The molecule has 2 aromatic carbocycles. The molecule has 0 bridgehead atoms. The highest BCUT2D eigenvalue weighted by atomic mass is 35.5. The number of methoxy groups -OCH3 is 1. The van der Waals surface area contributed by atoms with Crippen molar-refractivity contribution in [2.24, 2.45) is 0 Å². The molecule has 4 N–H and O–H groups in total. The van der Waals surface area contributed by atoms with Gasteiger partial charge in [0.1, 0.15) is 10.6 Å². The lowest BCUT2D eigenvalue weighted by Crippen LogP contribution is -2.39. The highest BCUT2D eigenvalue weighted by Gasteiger charge is 2.24. The number of ether oxygens (including phenoxy) is 1. The van der Waals surface area contributed by atoms with E-state index in [0.717, 1.165) is 47.7 Å². The number of aromatic nitrogens is 4. The summed E-state index contributed by atoms with van der Waals surface area (Å²) in [5.41, 5.74) is 2.92. The van der Waals surface area contributed by atoms with Gasteiger partial charge in [-0.05, 0) is 61.9 Å². The minimum absolute atomic E-state index is 0.0150. The minimum Gasteiger partial charge on any atom is -0.479 e. The molecule has 4 aromatic rings. The Kier molecular flexibility index (Phi) is 8.59. The predicted molar refractivity (Wildman–Crippen MR) is 160 cm³/mol. The smallest absolute Gasteiger partial charge is 0.404 e. The molecule has 5 rings (SSSR count). The molecule has 0 spiro atoms. The number of carboxylic acid groups (broad SMARTS) is 1. The van der Waals surface area contributed by atoms with E-state index in [-0.39, 0.29) is 33.7 Å². The summed E-state index contributed by atoms with van der Waals surface area (Å²) in [7, 11) is -2.56. The quantitative estimate of drug-likeness (QED) is 0.200. The van der Waals surface area contributed by atoms with Gasteiger partial charge in [0.15, 0.2) is 5.82 Å². The average molecular weight is 612 g/mol. The number of nitrogens with zero attached hydrogens (tertiary/aromatic N) is 4. The maximum atomic E-state index is 12.9. The molecule has 0 radical (unpaired) electrons. The van der Waals surface area contributed by atoms with Crippen LogP contribution in [0.15, 0.2) is 53.7 Å². The number of aryl methyl sites for hydroxylation is 1. The zero-order chi connectivity index (χ0) is 29.9. The molecule has 0 atom stereocenters. The Balaban J connectivity index is 1.38. The van der Waals surface area contributed by atoms with Gasteiger partial charge in [-0.2, -0.15) is 4.98 Å². The van der Waals surface area contributed by atoms with Crippen molar-refractivity contribution in [1.82, 2.24) is 25.3 Å². The SMILES string of the molecule is CCc1cc(-c2ncc(NS(=O)(=O)c3ccccc3Cl)nc2OC)cc2cnc(N[C@H]3CC[C@H](NC(=O)O)CC3)nc12. The molecule has 220 valence electrons. The average Bonchev–Trinajstić information content (AvgIpc) is 2.97. The predicted octanol–water partition coefficient (Wildman–Crippen LogP) is 5.10. The van der Waals surface area contributed by atoms with Crippen molar-refractivity contribution in [2.75, 3.05) is 17.1 Å². The van der Waals surface area contributed by atoms with Gasteiger partial charge in [0.05, 0.1) is 23.8 Å². The first kappa shape index (κ1) is 29.3. The summed E-state index contributed by atoms with van der Waals surface area (Å²) in [6.45, 7) is 2.03. The summed E-state index contributed by atoms with van der Waals surface area (Å²) in [6, 6.07) is 10.1. The van der Waals surface area contributed by atoms with Crippen molar-refractivity contribution in [1.29, 1.82) is 0 Å². The van der Waals surface area contributed by atoms with E-state index < -0.39 is 16.1 Å². The van der Waals surface area contributed by atoms with Crippen LogP contribution in [0.1, 0.15) is 38.2 Å². The van der Waals surface area contributed by atoms with E-state index in [4.69, 9.17) is 26.4 Å². The molecule has 12 nitrogen and oxygen atoms in total. The summed E-state index contributed by atoms with van der Waals surface area (Å²) in [6.07, 6.45) is 5.91. The largest absolute Gasteiger partial charge is 0.479 e. The number of hydrogen-bond acceptors (Lipinski definition) is 9. The van der Waals surface area contributed by atoms with Gasteiger partial charge in [0.25, 0.3) is 10.0 Å². The fraction of sp³-hybridized carbons (Fsp3) is 0.321. The van der Waals surface area contributed by atoms with Crippen molar-refractivity contribution in [3.8, 4) is 17.1 Å². The zero-order valence-corrected chi connectivity index (χ0v) is 24.5. The molecule has 0 saturated heterocycles. The monoisotopic (exact) mass is 611 g/mol. The second-order valence-corrected chi connectivity index (χ2v) is 12.0. The molecule has 14 heteroatoms. The number of anilines is 2. The van der Waals surface area contributed by atoms with Crippen molar-refractivity contribution in [3.05, 3.63) is 59.4 Å². The van der Waals surface area contributed by atoms with Crippen molar-refractivity contribution in [2.45, 2.75) is 56.0 Å². The number of amides is 1. The van der Waals surface area contributed by atoms with Crippen LogP contribution in [0, 0.1) is 0 Å². The first-order chi connectivity index (χ1) is 20.2. The molecular weight excluding hydrogens is 582 g/mol. The number of fused-ring (bicyclic) bond motifs is 1. The molecule has 1 saturated carbocycles. The number of halogens is 1. The first-order valence-electron chi connectivity index (χ1n) is 13.4. The van der Waals surface area contributed by atoms with Crippen LogP contribution in [0.25, 0.3) is 22.2 Å². The molecule has 2 aromatic heterocycles. The van der Waals surface area contributed by atoms with Gasteiger partial charge in [0.2, 0.25) is 11.8 Å². The van der Waals surface area contributed by atoms with Gasteiger partial charge < -0.3 is 20.5 Å². The Morgan fingerprint density at radius 1 is 1.07 bits per heavy atom. The van der Waals surface area contributed by atoms with Crippen LogP contribution in [0.3, 0.4) is 0 Å². The summed E-state index contributed by atoms with van der Waals surface area (Å²) >= 11 is 6.08. The summed E-state index contributed by atoms with van der Waals surface area (Å²) in [4.78, 5) is 29.0. The van der Waals surface area contributed by atoms with Crippen LogP contribution in [-0.4, -0.2) is 58.7 Å². The third-order valence-electron chi connectivity index (χ3n) is 7.10. The maximum Gasteiger partial charge on any atom is 0.404 e. The Hall–Kier alpha value is -4.23. The van der Waals surface area contributed by atoms with Gasteiger partial charge in [0, 0.05) is 29.2 Å². The van der Waals surface area contributed by atoms with Crippen molar-refractivity contribution in [3.63, 3.8) is 0 Å². The van der Waals surface area contributed by atoms with Crippen LogP contribution >= 0.6 is 11.6 Å². The van der Waals surface area contributed by atoms with E-state index in [1.54, 1.807) is 18.3 Å². The third-order valence-corrected chi connectivity index (χ3v) is 8.96. The molecule has 1 amide bonds. The lowest BCUT2D eigenvalue weighted by molar-refractivity contribution is 0.185. The molecular formula is C28H30ClN7O5S. The number of rotatable bonds is 9. The number of carbonyl (C=O) groups is 1. The van der Waals surface area contributed by atoms with Crippen LogP contribution < -0.4 is 20.1 Å². The van der Waals surface area contributed by atoms with E-state index in [1.807, 2.05) is 19.1 Å². The van der Waals surface area contributed by atoms with Crippen LogP contribution in [0.5, 0.6) is 5.88 Å². The van der Waals surface area contributed by atoms with Gasteiger partial charge in [-0.3, -0.25) is 4.72 Å². The third kappa shape index (κ3) is 6.47. The first-order valence-corrected chi connectivity index (χ1v) is 15.3. The Bertz CT molecular complexity index is 1730. The van der Waals surface area contributed by atoms with Crippen molar-refractivity contribution < 1.29 is 23.1 Å². The van der Waals surface area contributed by atoms with Gasteiger partial charge in [-0.15, -0.1) is 0 Å². The van der Waals surface area contributed by atoms with Gasteiger partial charge in [-0.25, -0.2) is 28.2 Å². The van der Waals surface area contributed by atoms with Crippen LogP contribution in [-0.2, 0) is 16.4 Å². The molecule has 2 heterocycles. The van der Waals surface area contributed by atoms with E-state index in [0.29, 0.717) is 18.1 Å². The lowest BCUT2D eigenvalue weighted by atomic mass is 9.91. The van der Waals surface area contributed by atoms with E-state index in [9.17, 15) is 13.2 Å². The molecule has 42 heavy (non-hydrogen) atoms.